The SMILES string of the molecule is COC(=O)CCNC(=O)c1ccc2c(c1)OCCO2. The minimum absolute atomic E-state index is 0.146. The van der Waals surface area contributed by atoms with E-state index in [0.29, 0.717) is 30.3 Å². The lowest BCUT2D eigenvalue weighted by molar-refractivity contribution is -0.140. The van der Waals surface area contributed by atoms with Crippen LogP contribution in [0.15, 0.2) is 18.2 Å². The molecule has 1 aromatic carbocycles. The van der Waals surface area contributed by atoms with E-state index in [-0.39, 0.29) is 24.8 Å². The van der Waals surface area contributed by atoms with E-state index in [9.17, 15) is 9.59 Å². The molecule has 1 aliphatic heterocycles. The molecule has 0 atom stereocenters. The first kappa shape index (κ1) is 13.2. The van der Waals surface area contributed by atoms with Crippen molar-refractivity contribution in [1.29, 1.82) is 0 Å². The number of carbonyl (C=O) groups excluding carboxylic acids is 2. The second-order valence-corrected chi connectivity index (χ2v) is 3.94. The van der Waals surface area contributed by atoms with Gasteiger partial charge in [-0.1, -0.05) is 0 Å². The number of hydrogen-bond acceptors (Lipinski definition) is 5. The number of rotatable bonds is 4. The highest BCUT2D eigenvalue weighted by Crippen LogP contribution is 2.30. The molecule has 1 aliphatic rings. The molecule has 102 valence electrons. The lowest BCUT2D eigenvalue weighted by Gasteiger charge is -2.18. The highest BCUT2D eigenvalue weighted by Gasteiger charge is 2.14. The van der Waals surface area contributed by atoms with Crippen LogP contribution in [0.1, 0.15) is 16.8 Å². The van der Waals surface area contributed by atoms with Crippen LogP contribution in [-0.4, -0.2) is 38.7 Å². The van der Waals surface area contributed by atoms with Crippen LogP contribution in [0.3, 0.4) is 0 Å². The van der Waals surface area contributed by atoms with Crippen molar-refractivity contribution in [2.45, 2.75) is 6.42 Å². The van der Waals surface area contributed by atoms with Crippen LogP contribution < -0.4 is 14.8 Å². The maximum atomic E-state index is 11.8. The molecule has 1 aromatic rings. The summed E-state index contributed by atoms with van der Waals surface area (Å²) < 4.78 is 15.2. The monoisotopic (exact) mass is 265 g/mol. The Labute approximate surface area is 110 Å². The maximum absolute atomic E-state index is 11.8. The molecule has 6 nitrogen and oxygen atoms in total. The van der Waals surface area contributed by atoms with E-state index in [1.807, 2.05) is 0 Å². The van der Waals surface area contributed by atoms with Gasteiger partial charge in [0.15, 0.2) is 11.5 Å². The van der Waals surface area contributed by atoms with Crippen LogP contribution in [0, 0.1) is 0 Å². The molecule has 1 heterocycles. The van der Waals surface area contributed by atoms with E-state index in [4.69, 9.17) is 9.47 Å². The van der Waals surface area contributed by atoms with Gasteiger partial charge in [0.1, 0.15) is 13.2 Å². The molecule has 0 unspecified atom stereocenters. The highest BCUT2D eigenvalue weighted by molar-refractivity contribution is 5.95. The summed E-state index contributed by atoms with van der Waals surface area (Å²) in [5.41, 5.74) is 0.467. The van der Waals surface area contributed by atoms with E-state index in [2.05, 4.69) is 10.1 Å². The van der Waals surface area contributed by atoms with Crippen LogP contribution in [0.4, 0.5) is 0 Å². The number of nitrogens with one attached hydrogen (secondary N) is 1. The van der Waals surface area contributed by atoms with Crippen molar-refractivity contribution in [3.63, 3.8) is 0 Å². The van der Waals surface area contributed by atoms with Gasteiger partial charge in [-0.2, -0.15) is 0 Å². The zero-order chi connectivity index (χ0) is 13.7. The summed E-state index contributed by atoms with van der Waals surface area (Å²) in [6, 6.07) is 4.98. The number of benzene rings is 1. The molecule has 0 radical (unpaired) electrons. The summed E-state index contributed by atoms with van der Waals surface area (Å²) in [6.07, 6.45) is 0.146. The molecule has 0 aliphatic carbocycles. The van der Waals surface area contributed by atoms with Crippen molar-refractivity contribution in [3.05, 3.63) is 23.8 Å². The zero-order valence-corrected chi connectivity index (χ0v) is 10.6. The van der Waals surface area contributed by atoms with Crippen molar-refractivity contribution in [2.24, 2.45) is 0 Å². The van der Waals surface area contributed by atoms with E-state index in [1.54, 1.807) is 18.2 Å². The first-order valence-corrected chi connectivity index (χ1v) is 5.95. The Balaban J connectivity index is 1.94. The van der Waals surface area contributed by atoms with Gasteiger partial charge < -0.3 is 19.5 Å². The van der Waals surface area contributed by atoms with E-state index in [0.717, 1.165) is 0 Å². The molecular weight excluding hydrogens is 250 g/mol. The van der Waals surface area contributed by atoms with E-state index < -0.39 is 0 Å². The molecule has 0 bridgehead atoms. The lowest BCUT2D eigenvalue weighted by atomic mass is 10.2. The van der Waals surface area contributed by atoms with Gasteiger partial charge in [0.25, 0.3) is 5.91 Å². The van der Waals surface area contributed by atoms with Gasteiger partial charge in [-0.25, -0.2) is 0 Å². The molecule has 6 heteroatoms. The van der Waals surface area contributed by atoms with Crippen LogP contribution >= 0.6 is 0 Å². The molecule has 0 fully saturated rings. The summed E-state index contributed by atoms with van der Waals surface area (Å²) in [5.74, 6) is 0.576. The number of fused-ring (bicyclic) bond motifs is 1. The Morgan fingerprint density at radius 3 is 2.74 bits per heavy atom. The van der Waals surface area contributed by atoms with Crippen LogP contribution in [0.5, 0.6) is 11.5 Å². The van der Waals surface area contributed by atoms with Crippen molar-refractivity contribution >= 4 is 11.9 Å². The first-order chi connectivity index (χ1) is 9.20. The van der Waals surface area contributed by atoms with Crippen molar-refractivity contribution in [1.82, 2.24) is 5.32 Å². The molecular formula is C13H15NO5. The van der Waals surface area contributed by atoms with Gasteiger partial charge in [-0.15, -0.1) is 0 Å². The first-order valence-electron chi connectivity index (χ1n) is 5.95. The minimum atomic E-state index is -0.359. The summed E-state index contributed by atoms with van der Waals surface area (Å²) >= 11 is 0. The molecule has 0 spiro atoms. The Morgan fingerprint density at radius 2 is 2.00 bits per heavy atom. The van der Waals surface area contributed by atoms with E-state index in [1.165, 1.54) is 7.11 Å². The average Bonchev–Trinajstić information content (AvgIpc) is 2.46. The smallest absolute Gasteiger partial charge is 0.307 e. The summed E-state index contributed by atoms with van der Waals surface area (Å²) in [5, 5.41) is 2.63. The predicted octanol–water partition coefficient (Wildman–Crippen LogP) is 0.751. The Hall–Kier alpha value is -2.24. The lowest BCUT2D eigenvalue weighted by Crippen LogP contribution is -2.26. The third kappa shape index (κ3) is 3.37. The second-order valence-electron chi connectivity index (χ2n) is 3.94. The number of carbonyl (C=O) groups is 2. The molecule has 19 heavy (non-hydrogen) atoms. The summed E-state index contributed by atoms with van der Waals surface area (Å²) in [4.78, 5) is 22.8. The molecule has 0 saturated heterocycles. The zero-order valence-electron chi connectivity index (χ0n) is 10.6. The molecule has 0 aromatic heterocycles. The van der Waals surface area contributed by atoms with E-state index >= 15 is 0 Å². The Bertz CT molecular complexity index is 486. The van der Waals surface area contributed by atoms with Gasteiger partial charge >= 0.3 is 5.97 Å². The third-order valence-electron chi connectivity index (χ3n) is 2.65. The fourth-order valence-corrected chi connectivity index (χ4v) is 1.67. The quantitative estimate of drug-likeness (QED) is 0.813. The molecule has 0 saturated carbocycles. The molecule has 2 rings (SSSR count). The van der Waals surface area contributed by atoms with Crippen molar-refractivity contribution in [2.75, 3.05) is 26.9 Å². The summed E-state index contributed by atoms with van der Waals surface area (Å²) in [7, 11) is 1.31. The highest BCUT2D eigenvalue weighted by atomic mass is 16.6. The van der Waals surface area contributed by atoms with Gasteiger partial charge in [0, 0.05) is 12.1 Å². The normalized spacial score (nSPS) is 12.7. The number of amides is 1. The number of hydrogen-bond donors (Lipinski definition) is 1. The predicted molar refractivity (Wildman–Crippen MR) is 66.4 cm³/mol. The fraction of sp³-hybridized carbons (Fsp3) is 0.385. The van der Waals surface area contributed by atoms with Crippen LogP contribution in [-0.2, 0) is 9.53 Å². The standard InChI is InChI=1S/C13H15NO5/c1-17-12(15)4-5-14-13(16)9-2-3-10-11(8-9)19-7-6-18-10/h2-3,8H,4-7H2,1H3,(H,14,16). The third-order valence-corrected chi connectivity index (χ3v) is 2.65. The molecule has 1 amide bonds. The molecule has 1 N–H and O–H groups in total. The van der Waals surface area contributed by atoms with Crippen LogP contribution in [0.2, 0.25) is 0 Å². The van der Waals surface area contributed by atoms with Crippen molar-refractivity contribution in [3.8, 4) is 11.5 Å². The minimum Gasteiger partial charge on any atom is -0.486 e. The van der Waals surface area contributed by atoms with Gasteiger partial charge in [-0.05, 0) is 18.2 Å². The fourth-order valence-electron chi connectivity index (χ4n) is 1.67. The largest absolute Gasteiger partial charge is 0.486 e. The number of methoxy groups -OCH3 is 1. The Kier molecular flexibility index (Phi) is 4.22. The topological polar surface area (TPSA) is 73.9 Å². The summed E-state index contributed by atoms with van der Waals surface area (Å²) in [6.45, 7) is 1.22. The second kappa shape index (κ2) is 6.08. The van der Waals surface area contributed by atoms with Gasteiger partial charge in [-0.3, -0.25) is 9.59 Å². The Morgan fingerprint density at radius 1 is 1.26 bits per heavy atom. The van der Waals surface area contributed by atoms with Crippen molar-refractivity contribution < 1.29 is 23.8 Å². The van der Waals surface area contributed by atoms with Gasteiger partial charge in [0.2, 0.25) is 0 Å². The van der Waals surface area contributed by atoms with Gasteiger partial charge in [0.05, 0.1) is 13.5 Å². The van der Waals surface area contributed by atoms with Crippen LogP contribution in [0.25, 0.3) is 0 Å². The number of esters is 1. The number of ether oxygens (including phenoxy) is 3. The maximum Gasteiger partial charge on any atom is 0.307 e. The average molecular weight is 265 g/mol.